The number of esters is 1. The predicted molar refractivity (Wildman–Crippen MR) is 78.5 cm³/mol. The molecule has 0 aromatic heterocycles. The van der Waals surface area contributed by atoms with E-state index in [-0.39, 0.29) is 12.5 Å². The van der Waals surface area contributed by atoms with Crippen LogP contribution in [0.3, 0.4) is 0 Å². The molecule has 1 N–H and O–H groups in total. The smallest absolute Gasteiger partial charge is 0.325 e. The number of rotatable bonds is 3. The Morgan fingerprint density at radius 2 is 1.94 bits per heavy atom. The minimum absolute atomic E-state index is 0.0367. The van der Waals surface area contributed by atoms with Gasteiger partial charge in [0.15, 0.2) is 0 Å². The Morgan fingerprint density at radius 3 is 2.50 bits per heavy atom. The molecule has 0 bridgehead atoms. The molecule has 0 unspecified atom stereocenters. The third-order valence-electron chi connectivity index (χ3n) is 1.88. The molecule has 0 aliphatic carbocycles. The van der Waals surface area contributed by atoms with Gasteiger partial charge in [0.05, 0.1) is 15.7 Å². The fraction of sp³-hybridized carbons (Fsp3) is 0.417. The van der Waals surface area contributed by atoms with Gasteiger partial charge in [0.25, 0.3) is 0 Å². The van der Waals surface area contributed by atoms with E-state index in [4.69, 9.17) is 27.9 Å². The summed E-state index contributed by atoms with van der Waals surface area (Å²) in [4.78, 5) is 11.5. The molecule has 0 atom stereocenters. The van der Waals surface area contributed by atoms with Crippen molar-refractivity contribution in [3.8, 4) is 0 Å². The summed E-state index contributed by atoms with van der Waals surface area (Å²) >= 11 is 15.3. The topological polar surface area (TPSA) is 38.3 Å². The molecule has 3 nitrogen and oxygen atoms in total. The maximum Gasteiger partial charge on any atom is 0.325 e. The second kappa shape index (κ2) is 6.13. The molecule has 0 saturated heterocycles. The molecule has 0 amide bonds. The van der Waals surface area contributed by atoms with Crippen molar-refractivity contribution in [3.05, 3.63) is 26.7 Å². The van der Waals surface area contributed by atoms with Crippen LogP contribution >= 0.6 is 39.1 Å². The maximum absolute atomic E-state index is 11.5. The van der Waals surface area contributed by atoms with E-state index >= 15 is 0 Å². The number of anilines is 1. The Kier molecular flexibility index (Phi) is 5.32. The molecule has 1 aromatic rings. The SMILES string of the molecule is CC(C)(C)OC(=O)CNc1ccc(Br)c(Cl)c1Cl. The van der Waals surface area contributed by atoms with Crippen molar-refractivity contribution in [2.75, 3.05) is 11.9 Å². The quantitative estimate of drug-likeness (QED) is 0.641. The number of benzene rings is 1. The summed E-state index contributed by atoms with van der Waals surface area (Å²) in [5.74, 6) is -0.349. The van der Waals surface area contributed by atoms with E-state index in [1.807, 2.05) is 20.8 Å². The largest absolute Gasteiger partial charge is 0.459 e. The standard InChI is InChI=1S/C12H14BrCl2NO2/c1-12(2,3)18-9(17)6-16-8-5-4-7(13)10(14)11(8)15/h4-5,16H,6H2,1-3H3. The molecule has 0 aliphatic rings. The van der Waals surface area contributed by atoms with Crippen LogP contribution in [0.5, 0.6) is 0 Å². The van der Waals surface area contributed by atoms with Gasteiger partial charge in [0.2, 0.25) is 0 Å². The molecule has 0 heterocycles. The van der Waals surface area contributed by atoms with Crippen molar-refractivity contribution in [2.45, 2.75) is 26.4 Å². The number of hydrogen-bond donors (Lipinski definition) is 1. The average molecular weight is 355 g/mol. The highest BCUT2D eigenvalue weighted by Crippen LogP contribution is 2.35. The average Bonchev–Trinajstić information content (AvgIpc) is 2.22. The van der Waals surface area contributed by atoms with Crippen LogP contribution in [0.1, 0.15) is 20.8 Å². The first kappa shape index (κ1) is 15.6. The van der Waals surface area contributed by atoms with Crippen LogP contribution in [0.25, 0.3) is 0 Å². The van der Waals surface area contributed by atoms with Gasteiger partial charge >= 0.3 is 5.97 Å². The van der Waals surface area contributed by atoms with Crippen LogP contribution in [-0.2, 0) is 9.53 Å². The summed E-state index contributed by atoms with van der Waals surface area (Å²) in [5, 5.41) is 3.67. The van der Waals surface area contributed by atoms with E-state index < -0.39 is 5.60 Å². The molecule has 0 saturated carbocycles. The van der Waals surface area contributed by atoms with Gasteiger partial charge in [-0.25, -0.2) is 0 Å². The molecule has 6 heteroatoms. The van der Waals surface area contributed by atoms with Crippen molar-refractivity contribution in [1.82, 2.24) is 0 Å². The molecule has 0 radical (unpaired) electrons. The van der Waals surface area contributed by atoms with E-state index in [1.165, 1.54) is 0 Å². The van der Waals surface area contributed by atoms with Crippen LogP contribution in [-0.4, -0.2) is 18.1 Å². The van der Waals surface area contributed by atoms with Gasteiger partial charge in [0.1, 0.15) is 12.1 Å². The highest BCUT2D eigenvalue weighted by atomic mass is 79.9. The van der Waals surface area contributed by atoms with Gasteiger partial charge < -0.3 is 10.1 Å². The Hall–Kier alpha value is -0.450. The van der Waals surface area contributed by atoms with Gasteiger partial charge in [-0.3, -0.25) is 4.79 Å². The molecular formula is C12H14BrCl2NO2. The maximum atomic E-state index is 11.5. The Balaban J connectivity index is 2.65. The lowest BCUT2D eigenvalue weighted by molar-refractivity contribution is -0.152. The monoisotopic (exact) mass is 353 g/mol. The van der Waals surface area contributed by atoms with E-state index in [9.17, 15) is 4.79 Å². The zero-order valence-corrected chi connectivity index (χ0v) is 13.4. The van der Waals surface area contributed by atoms with Crippen molar-refractivity contribution in [2.24, 2.45) is 0 Å². The zero-order valence-electron chi connectivity index (χ0n) is 10.3. The number of hydrogen-bond acceptors (Lipinski definition) is 3. The Morgan fingerprint density at radius 1 is 1.33 bits per heavy atom. The minimum Gasteiger partial charge on any atom is -0.459 e. The molecule has 100 valence electrons. The molecule has 1 rings (SSSR count). The van der Waals surface area contributed by atoms with E-state index in [2.05, 4.69) is 21.2 Å². The summed E-state index contributed by atoms with van der Waals surface area (Å²) in [6.45, 7) is 5.48. The van der Waals surface area contributed by atoms with Crippen molar-refractivity contribution < 1.29 is 9.53 Å². The Bertz CT molecular complexity index is 458. The second-order valence-corrected chi connectivity index (χ2v) is 6.27. The number of halogens is 3. The van der Waals surface area contributed by atoms with Crippen LogP contribution < -0.4 is 5.32 Å². The third kappa shape index (κ3) is 4.67. The number of carbonyl (C=O) groups is 1. The first-order valence-electron chi connectivity index (χ1n) is 5.30. The molecular weight excluding hydrogens is 341 g/mol. The number of ether oxygens (including phenoxy) is 1. The van der Waals surface area contributed by atoms with Crippen LogP contribution in [0, 0.1) is 0 Å². The fourth-order valence-corrected chi connectivity index (χ4v) is 2.05. The number of carbonyl (C=O) groups excluding carboxylic acids is 1. The zero-order chi connectivity index (χ0) is 13.9. The van der Waals surface area contributed by atoms with Gasteiger partial charge in [-0.1, -0.05) is 23.2 Å². The molecule has 0 aliphatic heterocycles. The normalized spacial score (nSPS) is 11.2. The fourth-order valence-electron chi connectivity index (χ4n) is 1.21. The van der Waals surface area contributed by atoms with Crippen LogP contribution in [0.2, 0.25) is 10.0 Å². The van der Waals surface area contributed by atoms with Crippen molar-refractivity contribution in [3.63, 3.8) is 0 Å². The summed E-state index contributed by atoms with van der Waals surface area (Å²) in [7, 11) is 0. The molecule has 0 fully saturated rings. The highest BCUT2D eigenvalue weighted by molar-refractivity contribution is 9.10. The first-order chi connectivity index (χ1) is 8.20. The number of nitrogens with one attached hydrogen (secondary N) is 1. The lowest BCUT2D eigenvalue weighted by Gasteiger charge is -2.20. The van der Waals surface area contributed by atoms with E-state index in [0.29, 0.717) is 20.2 Å². The van der Waals surface area contributed by atoms with Crippen molar-refractivity contribution >= 4 is 50.8 Å². The lowest BCUT2D eigenvalue weighted by atomic mass is 10.2. The first-order valence-corrected chi connectivity index (χ1v) is 6.85. The Labute approximate surface area is 125 Å². The van der Waals surface area contributed by atoms with Crippen LogP contribution in [0.15, 0.2) is 16.6 Å². The van der Waals surface area contributed by atoms with Gasteiger partial charge in [-0.2, -0.15) is 0 Å². The molecule has 18 heavy (non-hydrogen) atoms. The summed E-state index contributed by atoms with van der Waals surface area (Å²) < 4.78 is 5.87. The minimum atomic E-state index is -0.500. The summed E-state index contributed by atoms with van der Waals surface area (Å²) in [6.07, 6.45) is 0. The molecule has 0 spiro atoms. The van der Waals surface area contributed by atoms with Gasteiger partial charge in [-0.05, 0) is 48.8 Å². The van der Waals surface area contributed by atoms with E-state index in [1.54, 1.807) is 12.1 Å². The molecule has 1 aromatic carbocycles. The second-order valence-electron chi connectivity index (χ2n) is 4.66. The van der Waals surface area contributed by atoms with Gasteiger partial charge in [0, 0.05) is 4.47 Å². The lowest BCUT2D eigenvalue weighted by Crippen LogP contribution is -2.28. The highest BCUT2D eigenvalue weighted by Gasteiger charge is 2.16. The predicted octanol–water partition coefficient (Wildman–Crippen LogP) is 4.51. The summed E-state index contributed by atoms with van der Waals surface area (Å²) in [5.41, 5.74) is 0.0932. The van der Waals surface area contributed by atoms with Crippen molar-refractivity contribution in [1.29, 1.82) is 0 Å². The third-order valence-corrected chi connectivity index (χ3v) is 3.65. The van der Waals surface area contributed by atoms with E-state index in [0.717, 1.165) is 0 Å². The van der Waals surface area contributed by atoms with Crippen LogP contribution in [0.4, 0.5) is 5.69 Å². The summed E-state index contributed by atoms with van der Waals surface area (Å²) in [6, 6.07) is 3.49. The van der Waals surface area contributed by atoms with Gasteiger partial charge in [-0.15, -0.1) is 0 Å².